The Labute approximate surface area is 158 Å². The van der Waals surface area contributed by atoms with Crippen LogP contribution in [0.3, 0.4) is 0 Å². The van der Waals surface area contributed by atoms with Gasteiger partial charge in [-0.1, -0.05) is 24.3 Å². The molecule has 3 amide bonds. The number of anilines is 1. The van der Waals surface area contributed by atoms with Crippen molar-refractivity contribution in [3.05, 3.63) is 65.0 Å². The van der Waals surface area contributed by atoms with Crippen molar-refractivity contribution in [2.75, 3.05) is 18.4 Å². The molecule has 3 rings (SSSR count). The number of halogens is 4. The Bertz CT molecular complexity index is 899. The van der Waals surface area contributed by atoms with Crippen LogP contribution in [0, 0.1) is 5.82 Å². The largest absolute Gasteiger partial charge is 0.419 e. The molecule has 0 unspecified atom stereocenters. The Kier molecular flexibility index (Phi) is 5.53. The first kappa shape index (κ1) is 19.7. The molecule has 2 aromatic rings. The zero-order chi connectivity index (χ0) is 20.3. The summed E-state index contributed by atoms with van der Waals surface area (Å²) in [5.74, 6) is -2.14. The average Bonchev–Trinajstić information content (AvgIpc) is 2.66. The summed E-state index contributed by atoms with van der Waals surface area (Å²) in [6.45, 7) is 0.490. The fraction of sp³-hybridized carbons (Fsp3) is 0.263. The number of hydrogen-bond acceptors (Lipinski definition) is 2. The van der Waals surface area contributed by atoms with Gasteiger partial charge in [-0.05, 0) is 35.7 Å². The fourth-order valence-corrected chi connectivity index (χ4v) is 2.96. The number of rotatable bonds is 3. The van der Waals surface area contributed by atoms with E-state index in [9.17, 15) is 27.2 Å². The van der Waals surface area contributed by atoms with Gasteiger partial charge in [0.15, 0.2) is 0 Å². The molecule has 1 aliphatic heterocycles. The summed E-state index contributed by atoms with van der Waals surface area (Å²) in [6, 6.07) is 9.44. The van der Waals surface area contributed by atoms with E-state index in [1.54, 1.807) is 4.90 Å². The summed E-state index contributed by atoms with van der Waals surface area (Å²) in [5.41, 5.74) is 0.515. The first-order chi connectivity index (χ1) is 13.2. The molecule has 2 N–H and O–H groups in total. The third-order valence-electron chi connectivity index (χ3n) is 4.37. The molecule has 9 heteroatoms. The molecule has 0 fully saturated rings. The molecular formula is C19H17F4N3O2. The van der Waals surface area contributed by atoms with E-state index in [0.717, 1.165) is 11.6 Å². The van der Waals surface area contributed by atoms with Crippen molar-refractivity contribution in [3.8, 4) is 0 Å². The predicted molar refractivity (Wildman–Crippen MR) is 94.0 cm³/mol. The Morgan fingerprint density at radius 2 is 1.79 bits per heavy atom. The molecule has 0 aromatic heterocycles. The van der Waals surface area contributed by atoms with Crippen molar-refractivity contribution in [2.24, 2.45) is 0 Å². The molecule has 148 valence electrons. The second kappa shape index (κ2) is 7.87. The number of alkyl halides is 3. The molecule has 0 saturated carbocycles. The van der Waals surface area contributed by atoms with Crippen molar-refractivity contribution < 1.29 is 27.2 Å². The van der Waals surface area contributed by atoms with Gasteiger partial charge in [-0.3, -0.25) is 4.79 Å². The number of amides is 3. The topological polar surface area (TPSA) is 61.4 Å². The molecule has 5 nitrogen and oxygen atoms in total. The molecule has 0 radical (unpaired) electrons. The second-order valence-electron chi connectivity index (χ2n) is 6.34. The normalized spacial score (nSPS) is 13.6. The number of carbonyl (C=O) groups is 2. The van der Waals surface area contributed by atoms with E-state index in [1.807, 2.05) is 24.3 Å². The first-order valence-corrected chi connectivity index (χ1v) is 8.50. The van der Waals surface area contributed by atoms with Gasteiger partial charge >= 0.3 is 12.2 Å². The van der Waals surface area contributed by atoms with Gasteiger partial charge in [0, 0.05) is 18.8 Å². The van der Waals surface area contributed by atoms with Crippen LogP contribution in [-0.2, 0) is 23.9 Å². The van der Waals surface area contributed by atoms with Crippen molar-refractivity contribution in [1.82, 2.24) is 10.2 Å². The number of carbonyl (C=O) groups excluding carboxylic acids is 2. The van der Waals surface area contributed by atoms with Crippen LogP contribution in [0.2, 0.25) is 0 Å². The lowest BCUT2D eigenvalue weighted by atomic mass is 10.0. The number of fused-ring (bicyclic) bond motifs is 1. The lowest BCUT2D eigenvalue weighted by molar-refractivity contribution is -0.140. The standard InChI is InChI=1S/C19H17F4N3O2/c20-16-6-5-14(9-15(16)19(21,22)23)25-17(27)10-24-18(28)26-8-7-12-3-1-2-4-13(12)11-26/h1-6,9H,7-8,10-11H2,(H,24,28)(H,25,27). The van der Waals surface area contributed by atoms with Gasteiger partial charge in [0.05, 0.1) is 12.1 Å². The van der Waals surface area contributed by atoms with Crippen molar-refractivity contribution in [1.29, 1.82) is 0 Å². The van der Waals surface area contributed by atoms with Gasteiger partial charge in [-0.15, -0.1) is 0 Å². The lowest BCUT2D eigenvalue weighted by Crippen LogP contribution is -2.45. The highest BCUT2D eigenvalue weighted by Crippen LogP contribution is 2.32. The molecule has 1 aliphatic rings. The Morgan fingerprint density at radius 1 is 1.07 bits per heavy atom. The Morgan fingerprint density at radius 3 is 2.50 bits per heavy atom. The minimum absolute atomic E-state index is 0.208. The third kappa shape index (κ3) is 4.59. The van der Waals surface area contributed by atoms with Crippen molar-refractivity contribution in [3.63, 3.8) is 0 Å². The molecule has 0 bridgehead atoms. The molecule has 0 spiro atoms. The van der Waals surface area contributed by atoms with E-state index < -0.39 is 36.0 Å². The molecule has 28 heavy (non-hydrogen) atoms. The fourth-order valence-electron chi connectivity index (χ4n) is 2.96. The van der Waals surface area contributed by atoms with E-state index in [1.165, 1.54) is 5.56 Å². The number of nitrogens with one attached hydrogen (secondary N) is 2. The molecule has 0 atom stereocenters. The minimum Gasteiger partial charge on any atom is -0.329 e. The maximum absolute atomic E-state index is 13.3. The van der Waals surface area contributed by atoms with Crippen LogP contribution in [-0.4, -0.2) is 29.9 Å². The smallest absolute Gasteiger partial charge is 0.329 e. The number of hydrogen-bond donors (Lipinski definition) is 2. The quantitative estimate of drug-likeness (QED) is 0.781. The monoisotopic (exact) mass is 395 g/mol. The minimum atomic E-state index is -4.87. The zero-order valence-electron chi connectivity index (χ0n) is 14.6. The number of benzene rings is 2. The SMILES string of the molecule is O=C(CNC(=O)N1CCc2ccccc2C1)Nc1ccc(F)c(C(F)(F)F)c1. The molecule has 1 heterocycles. The second-order valence-corrected chi connectivity index (χ2v) is 6.34. The maximum Gasteiger partial charge on any atom is 0.419 e. The summed E-state index contributed by atoms with van der Waals surface area (Å²) in [5, 5.41) is 4.65. The van der Waals surface area contributed by atoms with Gasteiger partial charge in [0.1, 0.15) is 5.82 Å². The van der Waals surface area contributed by atoms with Gasteiger partial charge in [0.25, 0.3) is 0 Å². The average molecular weight is 395 g/mol. The van der Waals surface area contributed by atoms with Gasteiger partial charge in [-0.2, -0.15) is 13.2 Å². The van der Waals surface area contributed by atoms with E-state index >= 15 is 0 Å². The van der Waals surface area contributed by atoms with Gasteiger partial charge in [-0.25, -0.2) is 9.18 Å². The van der Waals surface area contributed by atoms with Crippen LogP contribution in [0.15, 0.2) is 42.5 Å². The summed E-state index contributed by atoms with van der Waals surface area (Å²) < 4.78 is 51.4. The van der Waals surface area contributed by atoms with Crippen LogP contribution in [0.4, 0.5) is 28.0 Å². The van der Waals surface area contributed by atoms with E-state index in [4.69, 9.17) is 0 Å². The predicted octanol–water partition coefficient (Wildman–Crippen LogP) is 3.55. The first-order valence-electron chi connectivity index (χ1n) is 8.50. The molecule has 0 saturated heterocycles. The number of nitrogens with zero attached hydrogens (tertiary/aromatic N) is 1. The maximum atomic E-state index is 13.3. The van der Waals surface area contributed by atoms with E-state index in [0.29, 0.717) is 31.6 Å². The Balaban J connectivity index is 1.54. The van der Waals surface area contributed by atoms with Gasteiger partial charge < -0.3 is 15.5 Å². The summed E-state index contributed by atoms with van der Waals surface area (Å²) >= 11 is 0. The summed E-state index contributed by atoms with van der Waals surface area (Å²) in [6.07, 6.45) is -4.17. The van der Waals surface area contributed by atoms with Crippen LogP contribution >= 0.6 is 0 Å². The molecule has 2 aromatic carbocycles. The van der Waals surface area contributed by atoms with Crippen LogP contribution in [0.1, 0.15) is 16.7 Å². The highest BCUT2D eigenvalue weighted by atomic mass is 19.4. The van der Waals surface area contributed by atoms with Crippen LogP contribution in [0.25, 0.3) is 0 Å². The molecule has 0 aliphatic carbocycles. The van der Waals surface area contributed by atoms with Crippen molar-refractivity contribution in [2.45, 2.75) is 19.1 Å². The lowest BCUT2D eigenvalue weighted by Gasteiger charge is -2.28. The Hall–Kier alpha value is -3.10. The molecular weight excluding hydrogens is 378 g/mol. The summed E-state index contributed by atoms with van der Waals surface area (Å²) in [7, 11) is 0. The highest BCUT2D eigenvalue weighted by Gasteiger charge is 2.34. The van der Waals surface area contributed by atoms with Crippen molar-refractivity contribution >= 4 is 17.6 Å². The zero-order valence-corrected chi connectivity index (χ0v) is 14.6. The number of urea groups is 1. The van der Waals surface area contributed by atoms with E-state index in [-0.39, 0.29) is 5.69 Å². The van der Waals surface area contributed by atoms with Crippen LogP contribution in [0.5, 0.6) is 0 Å². The highest BCUT2D eigenvalue weighted by molar-refractivity contribution is 5.94. The van der Waals surface area contributed by atoms with E-state index in [2.05, 4.69) is 10.6 Å². The third-order valence-corrected chi connectivity index (χ3v) is 4.37. The van der Waals surface area contributed by atoms with Crippen LogP contribution < -0.4 is 10.6 Å². The van der Waals surface area contributed by atoms with Gasteiger partial charge in [0.2, 0.25) is 5.91 Å². The summed E-state index contributed by atoms with van der Waals surface area (Å²) in [4.78, 5) is 25.7.